The second kappa shape index (κ2) is 6.74. The highest BCUT2D eigenvalue weighted by Crippen LogP contribution is 2.34. The van der Waals surface area contributed by atoms with Gasteiger partial charge in [-0.3, -0.25) is 0 Å². The Kier molecular flexibility index (Phi) is 5.24. The first kappa shape index (κ1) is 15.5. The Morgan fingerprint density at radius 3 is 2.55 bits per heavy atom. The molecule has 4 heteroatoms. The molecule has 1 aromatic carbocycles. The summed E-state index contributed by atoms with van der Waals surface area (Å²) in [6, 6.07) is 10.7. The first-order valence-electron chi connectivity index (χ1n) is 6.71. The van der Waals surface area contributed by atoms with Gasteiger partial charge in [-0.05, 0) is 67.5 Å². The molecule has 1 atom stereocenters. The van der Waals surface area contributed by atoms with Crippen LogP contribution in [0.2, 0.25) is 0 Å². The minimum absolute atomic E-state index is 0.191. The molecule has 0 saturated heterocycles. The van der Waals surface area contributed by atoms with Crippen molar-refractivity contribution in [3.8, 4) is 5.75 Å². The summed E-state index contributed by atoms with van der Waals surface area (Å²) in [5.41, 5.74) is 1.22. The number of nitrogens with one attached hydrogen (secondary N) is 1. The van der Waals surface area contributed by atoms with E-state index in [1.54, 1.807) is 0 Å². The molecule has 0 bridgehead atoms. The molecule has 0 amide bonds. The van der Waals surface area contributed by atoms with Gasteiger partial charge in [-0.15, -0.1) is 11.3 Å². The molecule has 1 N–H and O–H groups in total. The number of hydrogen-bond acceptors (Lipinski definition) is 3. The van der Waals surface area contributed by atoms with Crippen molar-refractivity contribution in [2.24, 2.45) is 0 Å². The van der Waals surface area contributed by atoms with Crippen LogP contribution >= 0.6 is 27.3 Å². The molecule has 1 aromatic heterocycles. The van der Waals surface area contributed by atoms with E-state index in [0.717, 1.165) is 5.75 Å². The van der Waals surface area contributed by atoms with Crippen LogP contribution in [-0.2, 0) is 0 Å². The van der Waals surface area contributed by atoms with Gasteiger partial charge in [0.2, 0.25) is 0 Å². The summed E-state index contributed by atoms with van der Waals surface area (Å²) in [4.78, 5) is 2.61. The van der Waals surface area contributed by atoms with Crippen LogP contribution in [0.1, 0.15) is 35.2 Å². The van der Waals surface area contributed by atoms with E-state index in [2.05, 4.69) is 46.4 Å². The van der Waals surface area contributed by atoms with E-state index in [1.807, 2.05) is 44.4 Å². The van der Waals surface area contributed by atoms with Gasteiger partial charge in [0.25, 0.3) is 0 Å². The summed E-state index contributed by atoms with van der Waals surface area (Å²) in [5, 5.41) is 3.39. The summed E-state index contributed by atoms with van der Waals surface area (Å²) in [6.07, 6.45) is 0.191. The Hall–Kier alpha value is -0.840. The van der Waals surface area contributed by atoms with Gasteiger partial charge in [-0.2, -0.15) is 0 Å². The molecular formula is C16H20BrNOS. The molecule has 108 valence electrons. The van der Waals surface area contributed by atoms with Gasteiger partial charge in [0.15, 0.2) is 0 Å². The van der Waals surface area contributed by atoms with Crippen LogP contribution in [0.5, 0.6) is 5.75 Å². The van der Waals surface area contributed by atoms with E-state index < -0.39 is 0 Å². The summed E-state index contributed by atoms with van der Waals surface area (Å²) >= 11 is 5.40. The Balaban J connectivity index is 2.31. The van der Waals surface area contributed by atoms with Crippen LogP contribution in [0.4, 0.5) is 0 Å². The highest BCUT2D eigenvalue weighted by Gasteiger charge is 2.16. The predicted molar refractivity (Wildman–Crippen MR) is 89.9 cm³/mol. The Morgan fingerprint density at radius 1 is 1.25 bits per heavy atom. The quantitative estimate of drug-likeness (QED) is 0.823. The lowest BCUT2D eigenvalue weighted by molar-refractivity contribution is 0.242. The molecule has 1 unspecified atom stereocenters. The molecule has 0 radical (unpaired) electrons. The van der Waals surface area contributed by atoms with Crippen molar-refractivity contribution in [2.45, 2.75) is 32.9 Å². The average molecular weight is 354 g/mol. The number of thiophene rings is 1. The minimum atomic E-state index is 0.191. The molecule has 0 saturated carbocycles. The van der Waals surface area contributed by atoms with Crippen LogP contribution in [0.3, 0.4) is 0 Å². The number of aryl methyl sites for hydroxylation is 1. The molecule has 0 aliphatic carbocycles. The molecule has 2 aromatic rings. The Morgan fingerprint density at radius 2 is 2.00 bits per heavy atom. The van der Waals surface area contributed by atoms with Crippen molar-refractivity contribution in [2.75, 3.05) is 7.05 Å². The highest BCUT2D eigenvalue weighted by atomic mass is 79.9. The number of hydrogen-bond donors (Lipinski definition) is 1. The maximum Gasteiger partial charge on any atom is 0.120 e. The predicted octanol–water partition coefficient (Wildman–Crippen LogP) is 4.92. The van der Waals surface area contributed by atoms with Gasteiger partial charge in [-0.25, -0.2) is 0 Å². The zero-order chi connectivity index (χ0) is 14.7. The molecule has 2 rings (SSSR count). The number of benzene rings is 1. The van der Waals surface area contributed by atoms with E-state index in [1.165, 1.54) is 19.8 Å². The molecule has 0 spiro atoms. The molecule has 2 nitrogen and oxygen atoms in total. The lowest BCUT2D eigenvalue weighted by Gasteiger charge is -2.17. The summed E-state index contributed by atoms with van der Waals surface area (Å²) in [5.74, 6) is 0.921. The third-order valence-corrected chi connectivity index (χ3v) is 5.21. The van der Waals surface area contributed by atoms with Crippen molar-refractivity contribution in [1.29, 1.82) is 0 Å². The fourth-order valence-electron chi connectivity index (χ4n) is 2.14. The Bertz CT molecular complexity index is 560. The summed E-state index contributed by atoms with van der Waals surface area (Å²) < 4.78 is 6.95. The number of halogens is 1. The third kappa shape index (κ3) is 3.62. The summed E-state index contributed by atoms with van der Waals surface area (Å²) in [6.45, 7) is 6.22. The van der Waals surface area contributed by atoms with Crippen molar-refractivity contribution >= 4 is 27.3 Å². The maximum absolute atomic E-state index is 5.78. The van der Waals surface area contributed by atoms with E-state index in [9.17, 15) is 0 Å². The van der Waals surface area contributed by atoms with E-state index in [0.29, 0.717) is 0 Å². The molecular weight excluding hydrogens is 334 g/mol. The third-order valence-electron chi connectivity index (χ3n) is 3.01. The second-order valence-electron chi connectivity index (χ2n) is 5.01. The van der Waals surface area contributed by atoms with Crippen LogP contribution in [0.25, 0.3) is 0 Å². The number of ether oxygens (including phenoxy) is 1. The van der Waals surface area contributed by atoms with Gasteiger partial charge in [0, 0.05) is 14.2 Å². The summed E-state index contributed by atoms with van der Waals surface area (Å²) in [7, 11) is 1.99. The molecule has 20 heavy (non-hydrogen) atoms. The topological polar surface area (TPSA) is 21.3 Å². The molecule has 0 aliphatic rings. The molecule has 0 fully saturated rings. The van der Waals surface area contributed by atoms with Crippen LogP contribution in [0, 0.1) is 6.92 Å². The van der Waals surface area contributed by atoms with Gasteiger partial charge >= 0.3 is 0 Å². The van der Waals surface area contributed by atoms with Gasteiger partial charge < -0.3 is 10.1 Å². The van der Waals surface area contributed by atoms with Gasteiger partial charge in [0.1, 0.15) is 5.75 Å². The smallest absolute Gasteiger partial charge is 0.120 e. The van der Waals surface area contributed by atoms with Gasteiger partial charge in [-0.1, -0.05) is 12.1 Å². The standard InChI is InChI=1S/C16H20BrNOS/c1-10(2)19-13-7-5-6-12(8-13)16(18-4)15-9-14(17)11(3)20-15/h5-10,16,18H,1-4H3. The molecule has 1 heterocycles. The lowest BCUT2D eigenvalue weighted by Crippen LogP contribution is -2.16. The van der Waals surface area contributed by atoms with Crippen LogP contribution < -0.4 is 10.1 Å². The fourth-order valence-corrected chi connectivity index (χ4v) is 3.84. The van der Waals surface area contributed by atoms with Crippen molar-refractivity contribution in [1.82, 2.24) is 5.32 Å². The van der Waals surface area contributed by atoms with Gasteiger partial charge in [0.05, 0.1) is 12.1 Å². The van der Waals surface area contributed by atoms with Crippen LogP contribution in [-0.4, -0.2) is 13.2 Å². The average Bonchev–Trinajstić information content (AvgIpc) is 2.70. The zero-order valence-corrected chi connectivity index (χ0v) is 14.6. The fraction of sp³-hybridized carbons (Fsp3) is 0.375. The zero-order valence-electron chi connectivity index (χ0n) is 12.2. The SMILES string of the molecule is CNC(c1cccc(OC(C)C)c1)c1cc(Br)c(C)s1. The first-order chi connectivity index (χ1) is 9.51. The first-order valence-corrected chi connectivity index (χ1v) is 8.32. The second-order valence-corrected chi connectivity index (χ2v) is 7.16. The largest absolute Gasteiger partial charge is 0.491 e. The Labute approximate surface area is 133 Å². The number of rotatable bonds is 5. The van der Waals surface area contributed by atoms with Crippen molar-refractivity contribution in [3.05, 3.63) is 50.1 Å². The normalized spacial score (nSPS) is 12.7. The van der Waals surface area contributed by atoms with Crippen molar-refractivity contribution < 1.29 is 4.74 Å². The maximum atomic E-state index is 5.78. The van der Waals surface area contributed by atoms with Crippen LogP contribution in [0.15, 0.2) is 34.8 Å². The van der Waals surface area contributed by atoms with E-state index in [-0.39, 0.29) is 12.1 Å². The van der Waals surface area contributed by atoms with Crippen molar-refractivity contribution in [3.63, 3.8) is 0 Å². The highest BCUT2D eigenvalue weighted by molar-refractivity contribution is 9.10. The minimum Gasteiger partial charge on any atom is -0.491 e. The molecule has 0 aliphatic heterocycles. The van der Waals surface area contributed by atoms with E-state index in [4.69, 9.17) is 4.74 Å². The van der Waals surface area contributed by atoms with E-state index >= 15 is 0 Å². The monoisotopic (exact) mass is 353 g/mol. The lowest BCUT2D eigenvalue weighted by atomic mass is 10.1.